The maximum Gasteiger partial charge on any atom is 0.339 e. The Morgan fingerprint density at radius 2 is 1.75 bits per heavy atom. The Bertz CT molecular complexity index is 961. The van der Waals surface area contributed by atoms with Gasteiger partial charge in [0.2, 0.25) is 10.0 Å². The van der Waals surface area contributed by atoms with Gasteiger partial charge in [0.25, 0.3) is 5.91 Å². The normalized spacial score (nSPS) is 12.5. The molecule has 2 rings (SSSR count). The predicted molar refractivity (Wildman–Crippen MR) is 105 cm³/mol. The molecule has 0 radical (unpaired) electrons. The molecule has 1 atom stereocenters. The smallest absolute Gasteiger partial charge is 0.339 e. The van der Waals surface area contributed by atoms with Crippen molar-refractivity contribution < 1.29 is 22.7 Å². The third-order valence-electron chi connectivity index (χ3n) is 3.44. The molecule has 0 spiro atoms. The number of carbonyl (C=O) groups excluding carboxylic acids is 2. The summed E-state index contributed by atoms with van der Waals surface area (Å²) in [4.78, 5) is 28.1. The van der Waals surface area contributed by atoms with E-state index in [1.807, 2.05) is 0 Å². The highest BCUT2D eigenvalue weighted by Crippen LogP contribution is 2.15. The number of carbonyl (C=O) groups is 2. The number of esters is 1. The minimum absolute atomic E-state index is 0.0771. The highest BCUT2D eigenvalue weighted by atomic mass is 35.5. The van der Waals surface area contributed by atoms with Crippen LogP contribution in [0.4, 0.5) is 5.69 Å². The molecule has 0 aliphatic rings. The van der Waals surface area contributed by atoms with Gasteiger partial charge in [0.15, 0.2) is 6.10 Å². The second-order valence-corrected chi connectivity index (χ2v) is 8.31. The van der Waals surface area contributed by atoms with Gasteiger partial charge in [0.05, 0.1) is 10.5 Å². The van der Waals surface area contributed by atoms with Crippen LogP contribution in [0.25, 0.3) is 0 Å². The Hall–Kier alpha value is -2.49. The van der Waals surface area contributed by atoms with E-state index in [1.165, 1.54) is 49.5 Å². The van der Waals surface area contributed by atoms with Gasteiger partial charge in [-0.2, -0.15) is 0 Å². The molecule has 0 bridgehead atoms. The maximum atomic E-state index is 12.2. The summed E-state index contributed by atoms with van der Waals surface area (Å²) in [5.74, 6) is -1.28. The highest BCUT2D eigenvalue weighted by molar-refractivity contribution is 7.89. The lowest BCUT2D eigenvalue weighted by Crippen LogP contribution is -2.30. The Labute approximate surface area is 168 Å². The van der Waals surface area contributed by atoms with Gasteiger partial charge in [-0.1, -0.05) is 11.6 Å². The molecule has 1 heterocycles. The first kappa shape index (κ1) is 21.8. The van der Waals surface area contributed by atoms with Crippen LogP contribution in [0, 0.1) is 0 Å². The van der Waals surface area contributed by atoms with Gasteiger partial charge in [-0.15, -0.1) is 0 Å². The first-order valence-corrected chi connectivity index (χ1v) is 10.2. The van der Waals surface area contributed by atoms with Crippen molar-refractivity contribution in [1.82, 2.24) is 9.71 Å². The van der Waals surface area contributed by atoms with Gasteiger partial charge < -0.3 is 10.1 Å². The largest absolute Gasteiger partial charge is 0.449 e. The summed E-state index contributed by atoms with van der Waals surface area (Å²) in [7, 11) is -3.62. The first-order valence-electron chi connectivity index (χ1n) is 8.34. The minimum atomic E-state index is -3.62. The number of aromatic nitrogens is 1. The lowest BCUT2D eigenvalue weighted by atomic mass is 10.2. The molecule has 0 saturated carbocycles. The summed E-state index contributed by atoms with van der Waals surface area (Å²) >= 11 is 5.72. The van der Waals surface area contributed by atoms with Gasteiger partial charge in [0, 0.05) is 17.9 Å². The molecule has 0 fully saturated rings. The number of pyridine rings is 1. The van der Waals surface area contributed by atoms with Crippen molar-refractivity contribution in [3.63, 3.8) is 0 Å². The summed E-state index contributed by atoms with van der Waals surface area (Å²) in [5.41, 5.74) is 0.537. The van der Waals surface area contributed by atoms with Crippen molar-refractivity contribution in [3.05, 3.63) is 53.3 Å². The Morgan fingerprint density at radius 1 is 1.11 bits per heavy atom. The van der Waals surface area contributed by atoms with E-state index < -0.39 is 28.0 Å². The fraction of sp³-hybridized carbons (Fsp3) is 0.278. The number of halogens is 1. The second-order valence-electron chi connectivity index (χ2n) is 6.20. The lowest BCUT2D eigenvalue weighted by molar-refractivity contribution is -0.123. The van der Waals surface area contributed by atoms with Gasteiger partial charge in [-0.25, -0.2) is 22.9 Å². The molecule has 1 aromatic carbocycles. The number of hydrogen-bond acceptors (Lipinski definition) is 6. The van der Waals surface area contributed by atoms with Crippen LogP contribution in [0.1, 0.15) is 31.1 Å². The number of hydrogen-bond donors (Lipinski definition) is 2. The topological polar surface area (TPSA) is 114 Å². The van der Waals surface area contributed by atoms with Gasteiger partial charge in [-0.05, 0) is 57.2 Å². The predicted octanol–water partition coefficient (Wildman–Crippen LogP) is 2.61. The molecule has 150 valence electrons. The molecule has 1 aromatic heterocycles. The zero-order valence-electron chi connectivity index (χ0n) is 15.5. The number of anilines is 1. The molecule has 2 aromatic rings. The van der Waals surface area contributed by atoms with Crippen LogP contribution < -0.4 is 10.0 Å². The molecule has 1 amide bonds. The van der Waals surface area contributed by atoms with E-state index in [4.69, 9.17) is 16.3 Å². The van der Waals surface area contributed by atoms with E-state index >= 15 is 0 Å². The van der Waals surface area contributed by atoms with Crippen LogP contribution in [-0.2, 0) is 19.6 Å². The molecular weight excluding hydrogens is 406 g/mol. The molecular formula is C18H20ClN3O5S. The van der Waals surface area contributed by atoms with E-state index in [2.05, 4.69) is 15.0 Å². The van der Waals surface area contributed by atoms with E-state index in [9.17, 15) is 18.0 Å². The zero-order valence-corrected chi connectivity index (χ0v) is 17.0. The average molecular weight is 426 g/mol. The summed E-state index contributed by atoms with van der Waals surface area (Å²) in [6.07, 6.45) is 0.276. The Morgan fingerprint density at radius 3 is 2.32 bits per heavy atom. The molecule has 10 heteroatoms. The van der Waals surface area contributed by atoms with Crippen LogP contribution in [0.3, 0.4) is 0 Å². The van der Waals surface area contributed by atoms with Gasteiger partial charge in [0.1, 0.15) is 5.15 Å². The van der Waals surface area contributed by atoms with E-state index in [-0.39, 0.29) is 21.7 Å². The minimum Gasteiger partial charge on any atom is -0.449 e. The molecule has 28 heavy (non-hydrogen) atoms. The standard InChI is InChI=1S/C18H20ClN3O5S/c1-11(2)22-28(25,26)15-6-4-14(5-7-15)21-17(23)12(3)27-18(24)13-8-9-20-16(19)10-13/h4-12,22H,1-3H3,(H,21,23). The Balaban J connectivity index is 1.99. The molecule has 8 nitrogen and oxygen atoms in total. The number of sulfonamides is 1. The molecule has 1 unspecified atom stereocenters. The van der Waals surface area contributed by atoms with Crippen molar-refractivity contribution in [3.8, 4) is 0 Å². The zero-order chi connectivity index (χ0) is 20.9. The van der Waals surface area contributed by atoms with Crippen molar-refractivity contribution in [1.29, 1.82) is 0 Å². The first-order chi connectivity index (χ1) is 13.1. The number of amides is 1. The fourth-order valence-corrected chi connectivity index (χ4v) is 3.58. The van der Waals surface area contributed by atoms with Crippen molar-refractivity contribution >= 4 is 39.2 Å². The molecule has 0 aliphatic heterocycles. The van der Waals surface area contributed by atoms with Crippen LogP contribution in [0.2, 0.25) is 5.15 Å². The number of nitrogens with one attached hydrogen (secondary N) is 2. The van der Waals surface area contributed by atoms with Crippen LogP contribution >= 0.6 is 11.6 Å². The molecule has 0 saturated heterocycles. The van der Waals surface area contributed by atoms with E-state index in [1.54, 1.807) is 13.8 Å². The maximum absolute atomic E-state index is 12.2. The quantitative estimate of drug-likeness (QED) is 0.520. The van der Waals surface area contributed by atoms with E-state index in [0.29, 0.717) is 5.69 Å². The van der Waals surface area contributed by atoms with Crippen molar-refractivity contribution in [2.75, 3.05) is 5.32 Å². The monoisotopic (exact) mass is 425 g/mol. The molecule has 2 N–H and O–H groups in total. The molecule has 0 aliphatic carbocycles. The van der Waals surface area contributed by atoms with Crippen LogP contribution in [0.5, 0.6) is 0 Å². The summed E-state index contributed by atoms with van der Waals surface area (Å²) < 4.78 is 31.8. The number of nitrogens with zero attached hydrogens (tertiary/aromatic N) is 1. The van der Waals surface area contributed by atoms with Gasteiger partial charge in [-0.3, -0.25) is 4.79 Å². The average Bonchev–Trinajstić information content (AvgIpc) is 2.61. The number of benzene rings is 1. The summed E-state index contributed by atoms with van der Waals surface area (Å²) in [6.45, 7) is 4.85. The SMILES string of the molecule is CC(C)NS(=O)(=O)c1ccc(NC(=O)C(C)OC(=O)c2ccnc(Cl)c2)cc1. The van der Waals surface area contributed by atoms with Crippen molar-refractivity contribution in [2.45, 2.75) is 37.8 Å². The lowest BCUT2D eigenvalue weighted by Gasteiger charge is -2.14. The Kier molecular flexibility index (Phi) is 7.11. The van der Waals surface area contributed by atoms with Crippen LogP contribution in [-0.4, -0.2) is 37.4 Å². The second kappa shape index (κ2) is 9.13. The number of rotatable bonds is 7. The van der Waals surface area contributed by atoms with Crippen molar-refractivity contribution in [2.24, 2.45) is 0 Å². The summed E-state index contributed by atoms with van der Waals surface area (Å²) in [5, 5.41) is 2.69. The highest BCUT2D eigenvalue weighted by Gasteiger charge is 2.20. The third-order valence-corrected chi connectivity index (χ3v) is 5.32. The summed E-state index contributed by atoms with van der Waals surface area (Å²) in [6, 6.07) is 8.15. The van der Waals surface area contributed by atoms with Gasteiger partial charge >= 0.3 is 5.97 Å². The fourth-order valence-electron chi connectivity index (χ4n) is 2.15. The van der Waals surface area contributed by atoms with E-state index in [0.717, 1.165) is 0 Å². The number of ether oxygens (including phenoxy) is 1. The third kappa shape index (κ3) is 6.01. The van der Waals surface area contributed by atoms with Crippen LogP contribution in [0.15, 0.2) is 47.5 Å².